The van der Waals surface area contributed by atoms with Crippen molar-refractivity contribution < 1.29 is 14.0 Å². The van der Waals surface area contributed by atoms with Gasteiger partial charge in [0.05, 0.1) is 0 Å². The SMILES string of the molecule is Cc1cccc(C(C)C)c1NC(=O)CC(=O)NCc1ccccc1F. The minimum absolute atomic E-state index is 0.0559. The standard InChI is InChI=1S/C20H23FN2O2/c1-13(2)16-9-6-7-14(3)20(16)23-19(25)11-18(24)22-12-15-8-4-5-10-17(15)21/h4-10,13H,11-12H2,1-3H3,(H,22,24)(H,23,25). The Labute approximate surface area is 147 Å². The second-order valence-electron chi connectivity index (χ2n) is 6.29. The summed E-state index contributed by atoms with van der Waals surface area (Å²) in [6, 6.07) is 12.0. The fourth-order valence-electron chi connectivity index (χ4n) is 2.57. The number of halogens is 1. The van der Waals surface area contributed by atoms with E-state index in [4.69, 9.17) is 0 Å². The van der Waals surface area contributed by atoms with E-state index in [1.165, 1.54) is 6.07 Å². The Morgan fingerprint density at radius 1 is 1.04 bits per heavy atom. The van der Waals surface area contributed by atoms with Crippen LogP contribution in [0.5, 0.6) is 0 Å². The largest absolute Gasteiger partial charge is 0.351 e. The van der Waals surface area contributed by atoms with E-state index in [9.17, 15) is 14.0 Å². The first kappa shape index (κ1) is 18.6. The van der Waals surface area contributed by atoms with E-state index in [0.29, 0.717) is 5.56 Å². The molecule has 132 valence electrons. The van der Waals surface area contributed by atoms with Gasteiger partial charge in [0.1, 0.15) is 12.2 Å². The van der Waals surface area contributed by atoms with Crippen LogP contribution in [0.25, 0.3) is 0 Å². The lowest BCUT2D eigenvalue weighted by molar-refractivity contribution is -0.126. The molecule has 25 heavy (non-hydrogen) atoms. The van der Waals surface area contributed by atoms with Crippen molar-refractivity contribution in [2.45, 2.75) is 39.7 Å². The summed E-state index contributed by atoms with van der Waals surface area (Å²) in [5, 5.41) is 5.40. The third-order valence-electron chi connectivity index (χ3n) is 3.95. The highest BCUT2D eigenvalue weighted by Gasteiger charge is 2.15. The van der Waals surface area contributed by atoms with Crippen molar-refractivity contribution >= 4 is 17.5 Å². The van der Waals surface area contributed by atoms with Gasteiger partial charge in [0.15, 0.2) is 0 Å². The van der Waals surface area contributed by atoms with Gasteiger partial charge in [0, 0.05) is 17.8 Å². The second-order valence-corrected chi connectivity index (χ2v) is 6.29. The van der Waals surface area contributed by atoms with Crippen molar-refractivity contribution in [3.63, 3.8) is 0 Å². The van der Waals surface area contributed by atoms with Crippen LogP contribution in [0.2, 0.25) is 0 Å². The number of carbonyl (C=O) groups is 2. The minimum atomic E-state index is -0.444. The highest BCUT2D eigenvalue weighted by Crippen LogP contribution is 2.27. The van der Waals surface area contributed by atoms with Gasteiger partial charge in [0.25, 0.3) is 0 Å². The van der Waals surface area contributed by atoms with Gasteiger partial charge in [-0.25, -0.2) is 4.39 Å². The molecule has 0 aliphatic carbocycles. The topological polar surface area (TPSA) is 58.2 Å². The van der Waals surface area contributed by atoms with Crippen LogP contribution in [-0.2, 0) is 16.1 Å². The number of benzene rings is 2. The fourth-order valence-corrected chi connectivity index (χ4v) is 2.57. The Morgan fingerprint density at radius 3 is 2.44 bits per heavy atom. The third-order valence-corrected chi connectivity index (χ3v) is 3.95. The zero-order chi connectivity index (χ0) is 18.4. The van der Waals surface area contributed by atoms with Crippen LogP contribution in [0.4, 0.5) is 10.1 Å². The van der Waals surface area contributed by atoms with Gasteiger partial charge < -0.3 is 10.6 Å². The van der Waals surface area contributed by atoms with Crippen LogP contribution in [0.1, 0.15) is 42.9 Å². The summed E-state index contributed by atoms with van der Waals surface area (Å²) < 4.78 is 13.5. The molecular weight excluding hydrogens is 319 g/mol. The van der Waals surface area contributed by atoms with E-state index in [-0.39, 0.29) is 30.6 Å². The van der Waals surface area contributed by atoms with E-state index in [2.05, 4.69) is 10.6 Å². The summed E-state index contributed by atoms with van der Waals surface area (Å²) in [4.78, 5) is 24.1. The smallest absolute Gasteiger partial charge is 0.233 e. The molecule has 5 heteroatoms. The number of aryl methyl sites for hydroxylation is 1. The van der Waals surface area contributed by atoms with E-state index in [1.807, 2.05) is 39.0 Å². The van der Waals surface area contributed by atoms with Crippen LogP contribution >= 0.6 is 0 Å². The number of para-hydroxylation sites is 1. The maximum absolute atomic E-state index is 13.5. The molecule has 0 aromatic heterocycles. The molecule has 0 unspecified atom stereocenters. The Bertz CT molecular complexity index is 772. The van der Waals surface area contributed by atoms with Crippen molar-refractivity contribution in [1.29, 1.82) is 0 Å². The Morgan fingerprint density at radius 2 is 1.76 bits per heavy atom. The Hall–Kier alpha value is -2.69. The molecule has 2 N–H and O–H groups in total. The van der Waals surface area contributed by atoms with Crippen LogP contribution in [0, 0.1) is 12.7 Å². The van der Waals surface area contributed by atoms with Gasteiger partial charge >= 0.3 is 0 Å². The Kier molecular flexibility index (Phi) is 6.28. The van der Waals surface area contributed by atoms with E-state index < -0.39 is 5.91 Å². The van der Waals surface area contributed by atoms with Gasteiger partial charge in [-0.15, -0.1) is 0 Å². The zero-order valence-electron chi connectivity index (χ0n) is 14.7. The molecule has 0 aliphatic rings. The van der Waals surface area contributed by atoms with Crippen molar-refractivity contribution in [2.24, 2.45) is 0 Å². The minimum Gasteiger partial charge on any atom is -0.351 e. The maximum Gasteiger partial charge on any atom is 0.233 e. The first-order valence-electron chi connectivity index (χ1n) is 8.28. The maximum atomic E-state index is 13.5. The summed E-state index contributed by atoms with van der Waals surface area (Å²) in [6.07, 6.45) is -0.305. The summed E-state index contributed by atoms with van der Waals surface area (Å²) in [5.41, 5.74) is 3.12. The number of hydrogen-bond acceptors (Lipinski definition) is 2. The van der Waals surface area contributed by atoms with E-state index in [1.54, 1.807) is 18.2 Å². The summed E-state index contributed by atoms with van der Waals surface area (Å²) in [7, 11) is 0. The molecule has 0 aliphatic heterocycles. The summed E-state index contributed by atoms with van der Waals surface area (Å²) >= 11 is 0. The van der Waals surface area contributed by atoms with E-state index >= 15 is 0 Å². The number of anilines is 1. The lowest BCUT2D eigenvalue weighted by Crippen LogP contribution is -2.28. The highest BCUT2D eigenvalue weighted by molar-refractivity contribution is 6.04. The van der Waals surface area contributed by atoms with Gasteiger partial charge in [0.2, 0.25) is 11.8 Å². The fraction of sp³-hybridized carbons (Fsp3) is 0.300. The predicted molar refractivity (Wildman–Crippen MR) is 96.8 cm³/mol. The van der Waals surface area contributed by atoms with Crippen molar-refractivity contribution in [3.05, 3.63) is 65.0 Å². The van der Waals surface area contributed by atoms with Crippen LogP contribution in [-0.4, -0.2) is 11.8 Å². The number of hydrogen-bond donors (Lipinski definition) is 2. The van der Waals surface area contributed by atoms with Gasteiger partial charge in [-0.2, -0.15) is 0 Å². The zero-order valence-corrected chi connectivity index (χ0v) is 14.7. The molecule has 0 heterocycles. The Balaban J connectivity index is 1.94. The molecule has 0 saturated heterocycles. The molecule has 2 aromatic rings. The molecule has 0 fully saturated rings. The van der Waals surface area contributed by atoms with Crippen LogP contribution < -0.4 is 10.6 Å². The van der Waals surface area contributed by atoms with Crippen molar-refractivity contribution in [2.75, 3.05) is 5.32 Å². The molecule has 0 saturated carbocycles. The first-order chi connectivity index (χ1) is 11.9. The quantitative estimate of drug-likeness (QED) is 0.782. The monoisotopic (exact) mass is 342 g/mol. The van der Waals surface area contributed by atoms with Crippen molar-refractivity contribution in [3.8, 4) is 0 Å². The second kappa shape index (κ2) is 8.42. The molecule has 0 radical (unpaired) electrons. The molecule has 2 aromatic carbocycles. The lowest BCUT2D eigenvalue weighted by Gasteiger charge is -2.16. The molecule has 0 spiro atoms. The van der Waals surface area contributed by atoms with Crippen LogP contribution in [0.15, 0.2) is 42.5 Å². The molecule has 2 rings (SSSR count). The number of rotatable bonds is 6. The van der Waals surface area contributed by atoms with Crippen molar-refractivity contribution in [1.82, 2.24) is 5.32 Å². The van der Waals surface area contributed by atoms with Crippen LogP contribution in [0.3, 0.4) is 0 Å². The molecule has 0 bridgehead atoms. The first-order valence-corrected chi connectivity index (χ1v) is 8.28. The molecule has 0 atom stereocenters. The van der Waals surface area contributed by atoms with Gasteiger partial charge in [-0.1, -0.05) is 50.2 Å². The predicted octanol–water partition coefficient (Wildman–Crippen LogP) is 3.90. The summed E-state index contributed by atoms with van der Waals surface area (Å²) in [6.45, 7) is 6.07. The average Bonchev–Trinajstić information content (AvgIpc) is 2.55. The number of nitrogens with one attached hydrogen (secondary N) is 2. The normalized spacial score (nSPS) is 10.6. The average molecular weight is 342 g/mol. The summed E-state index contributed by atoms with van der Waals surface area (Å²) in [5.74, 6) is -0.957. The van der Waals surface area contributed by atoms with Gasteiger partial charge in [-0.05, 0) is 30.0 Å². The molecule has 2 amide bonds. The molecule has 4 nitrogen and oxygen atoms in total. The number of amides is 2. The highest BCUT2D eigenvalue weighted by atomic mass is 19.1. The van der Waals surface area contributed by atoms with Gasteiger partial charge in [-0.3, -0.25) is 9.59 Å². The number of carbonyl (C=O) groups excluding carboxylic acids is 2. The molecular formula is C20H23FN2O2. The van der Waals surface area contributed by atoms with E-state index in [0.717, 1.165) is 16.8 Å². The lowest BCUT2D eigenvalue weighted by atomic mass is 9.98. The third kappa shape index (κ3) is 5.14.